The highest BCUT2D eigenvalue weighted by Crippen LogP contribution is 2.19. The molecule has 7 nitrogen and oxygen atoms in total. The van der Waals surface area contributed by atoms with Crippen molar-refractivity contribution < 1.29 is 24.6 Å². The van der Waals surface area contributed by atoms with Crippen LogP contribution in [0.5, 0.6) is 0 Å². The molecule has 0 bridgehead atoms. The van der Waals surface area contributed by atoms with Crippen LogP contribution >= 0.6 is 11.8 Å². The van der Waals surface area contributed by atoms with Crippen LogP contribution in [-0.4, -0.2) is 69.1 Å². The molecule has 8 heteroatoms. The lowest BCUT2D eigenvalue weighted by molar-refractivity contribution is -0.149. The number of hydrogen-bond donors (Lipinski definition) is 3. The van der Waals surface area contributed by atoms with Crippen molar-refractivity contribution in [1.29, 1.82) is 0 Å². The van der Waals surface area contributed by atoms with Gasteiger partial charge in [0.05, 0.1) is 6.04 Å². The summed E-state index contributed by atoms with van der Waals surface area (Å²) in [6.45, 7) is 4.15. The van der Waals surface area contributed by atoms with Gasteiger partial charge < -0.3 is 15.1 Å². The number of likely N-dealkylation sites (tertiary alicyclic amines) is 1. The highest BCUT2D eigenvalue weighted by molar-refractivity contribution is 7.99. The third-order valence-corrected chi connectivity index (χ3v) is 5.51. The first-order chi connectivity index (χ1) is 11.9. The smallest absolute Gasteiger partial charge is 0.326 e. The van der Waals surface area contributed by atoms with Crippen LogP contribution in [0, 0.1) is 0 Å². The number of hydrogen-bond acceptors (Lipinski definition) is 5. The summed E-state index contributed by atoms with van der Waals surface area (Å²) < 4.78 is 0. The van der Waals surface area contributed by atoms with Gasteiger partial charge in [0.2, 0.25) is 5.91 Å². The van der Waals surface area contributed by atoms with E-state index in [1.165, 1.54) is 11.3 Å². The molecule has 1 amide bonds. The van der Waals surface area contributed by atoms with Crippen molar-refractivity contribution in [2.24, 2.45) is 0 Å². The van der Waals surface area contributed by atoms with Crippen LogP contribution in [0.1, 0.15) is 52.4 Å². The van der Waals surface area contributed by atoms with Crippen LogP contribution in [0.15, 0.2) is 0 Å². The molecule has 3 N–H and O–H groups in total. The maximum absolute atomic E-state index is 12.5. The lowest BCUT2D eigenvalue weighted by Gasteiger charge is -2.27. The summed E-state index contributed by atoms with van der Waals surface area (Å²) in [5.41, 5.74) is 0. The molecule has 1 rings (SSSR count). The summed E-state index contributed by atoms with van der Waals surface area (Å²) in [5.74, 6) is -1.04. The fraction of sp³-hybridized carbons (Fsp3) is 0.824. The highest BCUT2D eigenvalue weighted by Gasteiger charge is 2.36. The van der Waals surface area contributed by atoms with Crippen molar-refractivity contribution in [3.63, 3.8) is 0 Å². The molecule has 0 aromatic heterocycles. The van der Waals surface area contributed by atoms with Crippen LogP contribution in [-0.2, 0) is 14.4 Å². The molecule has 0 saturated carbocycles. The molecule has 3 atom stereocenters. The lowest BCUT2D eigenvalue weighted by atomic mass is 10.2. The van der Waals surface area contributed by atoms with E-state index in [4.69, 9.17) is 0 Å². The standard InChI is InChI=1S/C17H30N2O5S/c1-3-4-5-6-10-25-11-13(16(21)22)18-12(2)15(20)19-9-7-8-14(19)17(23)24/h12-14,18H,3-11H2,1-2H3,(H,21,22)(H,23,24)/t12?,13-,14-/m0/s1. The lowest BCUT2D eigenvalue weighted by Crippen LogP contribution is -2.53. The molecule has 1 aliphatic rings. The van der Waals surface area contributed by atoms with E-state index in [-0.39, 0.29) is 5.91 Å². The third-order valence-electron chi connectivity index (χ3n) is 4.37. The Hall–Kier alpha value is -1.28. The zero-order valence-electron chi connectivity index (χ0n) is 15.1. The zero-order chi connectivity index (χ0) is 18.8. The monoisotopic (exact) mass is 374 g/mol. The average molecular weight is 375 g/mol. The van der Waals surface area contributed by atoms with Crippen molar-refractivity contribution in [3.05, 3.63) is 0 Å². The van der Waals surface area contributed by atoms with Gasteiger partial charge in [-0.2, -0.15) is 11.8 Å². The number of carbonyl (C=O) groups excluding carboxylic acids is 1. The second kappa shape index (κ2) is 11.4. The Bertz CT molecular complexity index is 460. The van der Waals surface area contributed by atoms with Gasteiger partial charge in [-0.25, -0.2) is 4.79 Å². The van der Waals surface area contributed by atoms with Gasteiger partial charge in [0.25, 0.3) is 0 Å². The van der Waals surface area contributed by atoms with E-state index in [1.807, 2.05) is 0 Å². The Morgan fingerprint density at radius 2 is 1.96 bits per heavy atom. The molecule has 0 spiro atoms. The predicted molar refractivity (Wildman–Crippen MR) is 97.9 cm³/mol. The van der Waals surface area contributed by atoms with Gasteiger partial charge >= 0.3 is 11.9 Å². The Labute approximate surface area is 153 Å². The minimum Gasteiger partial charge on any atom is -0.480 e. The molecule has 1 fully saturated rings. The molecule has 0 radical (unpaired) electrons. The van der Waals surface area contributed by atoms with Gasteiger partial charge in [-0.1, -0.05) is 26.2 Å². The van der Waals surface area contributed by atoms with Gasteiger partial charge in [-0.15, -0.1) is 0 Å². The van der Waals surface area contributed by atoms with E-state index in [9.17, 15) is 24.6 Å². The molecule has 1 aliphatic heterocycles. The summed E-state index contributed by atoms with van der Waals surface area (Å²) in [5, 5.41) is 21.4. The molecular weight excluding hydrogens is 344 g/mol. The van der Waals surface area contributed by atoms with Crippen molar-refractivity contribution in [3.8, 4) is 0 Å². The summed E-state index contributed by atoms with van der Waals surface area (Å²) >= 11 is 1.57. The number of aliphatic carboxylic acids is 2. The minimum absolute atomic E-state index is 0.343. The summed E-state index contributed by atoms with van der Waals surface area (Å²) in [7, 11) is 0. The predicted octanol–water partition coefficient (Wildman–Crippen LogP) is 1.81. The Morgan fingerprint density at radius 1 is 1.24 bits per heavy atom. The fourth-order valence-corrected chi connectivity index (χ4v) is 3.98. The number of thioether (sulfide) groups is 1. The van der Waals surface area contributed by atoms with E-state index in [2.05, 4.69) is 12.2 Å². The first kappa shape index (κ1) is 21.8. The van der Waals surface area contributed by atoms with Crippen LogP contribution in [0.2, 0.25) is 0 Å². The number of carbonyl (C=O) groups is 3. The molecule has 0 aromatic rings. The maximum Gasteiger partial charge on any atom is 0.326 e. The second-order valence-corrected chi connectivity index (χ2v) is 7.59. The quantitative estimate of drug-likeness (QED) is 0.447. The number of carboxylic acid groups (broad SMARTS) is 2. The zero-order valence-corrected chi connectivity index (χ0v) is 15.9. The van der Waals surface area contributed by atoms with E-state index in [0.29, 0.717) is 25.1 Å². The maximum atomic E-state index is 12.5. The van der Waals surface area contributed by atoms with Crippen molar-refractivity contribution in [1.82, 2.24) is 10.2 Å². The first-order valence-electron chi connectivity index (χ1n) is 8.98. The molecule has 0 aliphatic carbocycles. The van der Waals surface area contributed by atoms with Gasteiger partial charge in [-0.3, -0.25) is 14.9 Å². The number of nitrogens with one attached hydrogen (secondary N) is 1. The molecule has 0 aromatic carbocycles. The fourth-order valence-electron chi connectivity index (χ4n) is 2.93. The third kappa shape index (κ3) is 7.23. The Morgan fingerprint density at radius 3 is 2.56 bits per heavy atom. The highest BCUT2D eigenvalue weighted by atomic mass is 32.2. The normalized spacial score (nSPS) is 19.6. The number of amides is 1. The number of carboxylic acids is 2. The van der Waals surface area contributed by atoms with E-state index < -0.39 is 30.1 Å². The first-order valence-corrected chi connectivity index (χ1v) is 10.1. The molecule has 144 valence electrons. The van der Waals surface area contributed by atoms with Gasteiger partial charge in [0.1, 0.15) is 12.1 Å². The van der Waals surface area contributed by atoms with Crippen LogP contribution < -0.4 is 5.32 Å². The van der Waals surface area contributed by atoms with Crippen molar-refractivity contribution >= 4 is 29.6 Å². The second-order valence-electron chi connectivity index (χ2n) is 6.44. The number of rotatable bonds is 12. The van der Waals surface area contributed by atoms with Gasteiger partial charge in [0.15, 0.2) is 0 Å². The van der Waals surface area contributed by atoms with Crippen LogP contribution in [0.25, 0.3) is 0 Å². The minimum atomic E-state index is -1.00. The molecule has 1 heterocycles. The molecule has 25 heavy (non-hydrogen) atoms. The Balaban J connectivity index is 2.46. The average Bonchev–Trinajstić information content (AvgIpc) is 3.05. The number of nitrogens with zero attached hydrogens (tertiary/aromatic N) is 1. The van der Waals surface area contributed by atoms with E-state index in [0.717, 1.165) is 25.0 Å². The summed E-state index contributed by atoms with van der Waals surface area (Å²) in [6, 6.07) is -2.34. The van der Waals surface area contributed by atoms with Gasteiger partial charge in [0, 0.05) is 12.3 Å². The van der Waals surface area contributed by atoms with E-state index >= 15 is 0 Å². The molecular formula is C17H30N2O5S. The summed E-state index contributed by atoms with van der Waals surface area (Å²) in [6.07, 6.45) is 5.67. The SMILES string of the molecule is CCCCCCSC[C@H](NC(C)C(=O)N1CCC[C@H]1C(=O)O)C(=O)O. The van der Waals surface area contributed by atoms with Crippen molar-refractivity contribution in [2.45, 2.75) is 70.5 Å². The van der Waals surface area contributed by atoms with Crippen LogP contribution in [0.4, 0.5) is 0 Å². The van der Waals surface area contributed by atoms with Crippen molar-refractivity contribution in [2.75, 3.05) is 18.1 Å². The summed E-state index contributed by atoms with van der Waals surface area (Å²) in [4.78, 5) is 36.4. The topological polar surface area (TPSA) is 107 Å². The van der Waals surface area contributed by atoms with Gasteiger partial charge in [-0.05, 0) is 31.9 Å². The number of unbranched alkanes of at least 4 members (excludes halogenated alkanes) is 3. The Kier molecular flexibility index (Phi) is 9.89. The van der Waals surface area contributed by atoms with E-state index in [1.54, 1.807) is 18.7 Å². The van der Waals surface area contributed by atoms with Crippen LogP contribution in [0.3, 0.4) is 0 Å². The molecule has 1 saturated heterocycles. The largest absolute Gasteiger partial charge is 0.480 e. The molecule has 1 unspecified atom stereocenters.